The number of aryl methyl sites for hydroxylation is 2. The summed E-state index contributed by atoms with van der Waals surface area (Å²) in [5.74, 6) is -0.0468. The van der Waals surface area contributed by atoms with E-state index in [2.05, 4.69) is 31.4 Å². The monoisotopic (exact) mass is 307 g/mol. The summed E-state index contributed by atoms with van der Waals surface area (Å²) in [6, 6.07) is 7.70. The van der Waals surface area contributed by atoms with Crippen LogP contribution in [0.3, 0.4) is 0 Å². The number of hydrogen-bond donors (Lipinski definition) is 2. The molecule has 0 saturated carbocycles. The van der Waals surface area contributed by atoms with Gasteiger partial charge in [0.05, 0.1) is 23.5 Å². The van der Waals surface area contributed by atoms with Crippen LogP contribution in [0.25, 0.3) is 0 Å². The van der Waals surface area contributed by atoms with Crippen LogP contribution in [0.1, 0.15) is 17.0 Å². The molecule has 0 spiro atoms. The first-order valence-electron chi connectivity index (χ1n) is 5.62. The van der Waals surface area contributed by atoms with Crippen LogP contribution in [0.5, 0.6) is 0 Å². The fourth-order valence-corrected chi connectivity index (χ4v) is 2.16. The highest BCUT2D eigenvalue weighted by atomic mass is 79.9. The summed E-state index contributed by atoms with van der Waals surface area (Å²) in [6.07, 6.45) is 0.339. The van der Waals surface area contributed by atoms with Gasteiger partial charge in [-0.2, -0.15) is 5.10 Å². The van der Waals surface area contributed by atoms with E-state index in [0.29, 0.717) is 6.42 Å². The van der Waals surface area contributed by atoms with Gasteiger partial charge in [-0.3, -0.25) is 9.89 Å². The van der Waals surface area contributed by atoms with Crippen molar-refractivity contribution in [2.75, 3.05) is 5.32 Å². The van der Waals surface area contributed by atoms with Crippen molar-refractivity contribution < 1.29 is 4.79 Å². The Kier molecular flexibility index (Phi) is 3.81. The van der Waals surface area contributed by atoms with E-state index in [9.17, 15) is 4.79 Å². The van der Waals surface area contributed by atoms with Crippen molar-refractivity contribution in [3.05, 3.63) is 45.7 Å². The SMILES string of the molecule is Cc1n[nH]c(C)c1NC(=O)Cc1ccccc1Br. The first-order valence-corrected chi connectivity index (χ1v) is 6.42. The number of amides is 1. The fraction of sp³-hybridized carbons (Fsp3) is 0.231. The van der Waals surface area contributed by atoms with Crippen LogP contribution in [-0.2, 0) is 11.2 Å². The molecule has 0 aliphatic rings. The van der Waals surface area contributed by atoms with Crippen molar-refractivity contribution in [2.45, 2.75) is 20.3 Å². The molecule has 5 heteroatoms. The molecule has 0 fully saturated rings. The molecule has 0 atom stereocenters. The van der Waals surface area contributed by atoms with Gasteiger partial charge in [0.25, 0.3) is 0 Å². The molecule has 0 radical (unpaired) electrons. The van der Waals surface area contributed by atoms with Gasteiger partial charge in [0.15, 0.2) is 0 Å². The third-order valence-corrected chi connectivity index (χ3v) is 3.47. The lowest BCUT2D eigenvalue weighted by atomic mass is 10.1. The lowest BCUT2D eigenvalue weighted by molar-refractivity contribution is -0.115. The van der Waals surface area contributed by atoms with E-state index < -0.39 is 0 Å². The normalized spacial score (nSPS) is 10.4. The van der Waals surface area contributed by atoms with E-state index in [1.165, 1.54) is 0 Å². The molecule has 0 aliphatic carbocycles. The highest BCUT2D eigenvalue weighted by molar-refractivity contribution is 9.10. The molecular weight excluding hydrogens is 294 g/mol. The fourth-order valence-electron chi connectivity index (χ4n) is 1.73. The average Bonchev–Trinajstić information content (AvgIpc) is 2.64. The third-order valence-electron chi connectivity index (χ3n) is 2.70. The Hall–Kier alpha value is -1.62. The van der Waals surface area contributed by atoms with Gasteiger partial charge in [-0.25, -0.2) is 0 Å². The topological polar surface area (TPSA) is 57.8 Å². The van der Waals surface area contributed by atoms with Crippen molar-refractivity contribution in [1.29, 1.82) is 0 Å². The number of carbonyl (C=O) groups excluding carboxylic acids is 1. The number of aromatic nitrogens is 2. The molecule has 1 heterocycles. The Bertz CT molecular complexity index is 558. The number of anilines is 1. The van der Waals surface area contributed by atoms with Crippen LogP contribution >= 0.6 is 15.9 Å². The Labute approximate surface area is 114 Å². The van der Waals surface area contributed by atoms with Crippen LogP contribution in [-0.4, -0.2) is 16.1 Å². The Morgan fingerprint density at radius 3 is 2.72 bits per heavy atom. The summed E-state index contributed by atoms with van der Waals surface area (Å²) in [6.45, 7) is 3.74. The van der Waals surface area contributed by atoms with E-state index in [1.807, 2.05) is 38.1 Å². The number of halogens is 1. The number of benzene rings is 1. The minimum Gasteiger partial charge on any atom is -0.323 e. The van der Waals surface area contributed by atoms with Crippen molar-refractivity contribution >= 4 is 27.5 Å². The highest BCUT2D eigenvalue weighted by Crippen LogP contribution is 2.19. The molecule has 2 N–H and O–H groups in total. The molecule has 1 aromatic heterocycles. The van der Waals surface area contributed by atoms with Crippen molar-refractivity contribution in [1.82, 2.24) is 10.2 Å². The molecule has 18 heavy (non-hydrogen) atoms. The van der Waals surface area contributed by atoms with E-state index in [-0.39, 0.29) is 5.91 Å². The van der Waals surface area contributed by atoms with Crippen LogP contribution in [0.2, 0.25) is 0 Å². The number of nitrogens with zero attached hydrogens (tertiary/aromatic N) is 1. The molecule has 0 unspecified atom stereocenters. The van der Waals surface area contributed by atoms with Gasteiger partial charge >= 0.3 is 0 Å². The maximum absolute atomic E-state index is 12.0. The molecular formula is C13H14BrN3O. The Morgan fingerprint density at radius 1 is 1.39 bits per heavy atom. The average molecular weight is 308 g/mol. The van der Waals surface area contributed by atoms with Gasteiger partial charge < -0.3 is 5.32 Å². The second-order valence-electron chi connectivity index (χ2n) is 4.13. The molecule has 0 aliphatic heterocycles. The predicted molar refractivity (Wildman–Crippen MR) is 74.5 cm³/mol. The standard InChI is InChI=1S/C13H14BrN3O/c1-8-13(9(2)17-16-8)15-12(18)7-10-5-3-4-6-11(10)14/h3-6H,7H2,1-2H3,(H,15,18)(H,16,17). The van der Waals surface area contributed by atoms with Gasteiger partial charge in [-0.1, -0.05) is 34.1 Å². The summed E-state index contributed by atoms with van der Waals surface area (Å²) in [7, 11) is 0. The predicted octanol–water partition coefficient (Wildman–Crippen LogP) is 2.97. The smallest absolute Gasteiger partial charge is 0.228 e. The first-order chi connectivity index (χ1) is 8.58. The summed E-state index contributed by atoms with van der Waals surface area (Å²) < 4.78 is 0.945. The molecule has 2 rings (SSSR count). The molecule has 0 bridgehead atoms. The van der Waals surface area contributed by atoms with Gasteiger partial charge in [0.2, 0.25) is 5.91 Å². The maximum atomic E-state index is 12.0. The van der Waals surface area contributed by atoms with E-state index in [1.54, 1.807) is 0 Å². The van der Waals surface area contributed by atoms with Gasteiger partial charge in [0.1, 0.15) is 0 Å². The minimum absolute atomic E-state index is 0.0468. The molecule has 1 amide bonds. The number of nitrogens with one attached hydrogen (secondary N) is 2. The molecule has 4 nitrogen and oxygen atoms in total. The van der Waals surface area contributed by atoms with Crippen molar-refractivity contribution in [2.24, 2.45) is 0 Å². The van der Waals surface area contributed by atoms with Crippen LogP contribution in [0.15, 0.2) is 28.7 Å². The maximum Gasteiger partial charge on any atom is 0.228 e. The zero-order valence-corrected chi connectivity index (χ0v) is 11.8. The molecule has 94 valence electrons. The number of aromatic amines is 1. The van der Waals surface area contributed by atoms with Gasteiger partial charge in [-0.15, -0.1) is 0 Å². The van der Waals surface area contributed by atoms with Crippen LogP contribution in [0, 0.1) is 13.8 Å². The lowest BCUT2D eigenvalue weighted by Crippen LogP contribution is -2.15. The second kappa shape index (κ2) is 5.35. The van der Waals surface area contributed by atoms with Crippen LogP contribution in [0.4, 0.5) is 5.69 Å². The summed E-state index contributed by atoms with van der Waals surface area (Å²) in [5, 5.41) is 9.77. The summed E-state index contributed by atoms with van der Waals surface area (Å²) in [5.41, 5.74) is 3.40. The second-order valence-corrected chi connectivity index (χ2v) is 4.98. The van der Waals surface area contributed by atoms with Crippen LogP contribution < -0.4 is 5.32 Å². The van der Waals surface area contributed by atoms with Crippen molar-refractivity contribution in [3.63, 3.8) is 0 Å². The molecule has 2 aromatic rings. The quantitative estimate of drug-likeness (QED) is 0.916. The number of H-pyrrole nitrogens is 1. The van der Waals surface area contributed by atoms with E-state index >= 15 is 0 Å². The molecule has 1 aromatic carbocycles. The zero-order valence-electron chi connectivity index (χ0n) is 10.2. The van der Waals surface area contributed by atoms with Gasteiger partial charge in [0, 0.05) is 4.47 Å². The largest absolute Gasteiger partial charge is 0.323 e. The Balaban J connectivity index is 2.08. The summed E-state index contributed by atoms with van der Waals surface area (Å²) in [4.78, 5) is 12.0. The summed E-state index contributed by atoms with van der Waals surface area (Å²) >= 11 is 3.43. The number of carbonyl (C=O) groups is 1. The number of hydrogen-bond acceptors (Lipinski definition) is 2. The van der Waals surface area contributed by atoms with Crippen molar-refractivity contribution in [3.8, 4) is 0 Å². The van der Waals surface area contributed by atoms with E-state index in [0.717, 1.165) is 27.1 Å². The Morgan fingerprint density at radius 2 is 2.11 bits per heavy atom. The molecule has 0 saturated heterocycles. The van der Waals surface area contributed by atoms with Gasteiger partial charge in [-0.05, 0) is 25.5 Å². The third kappa shape index (κ3) is 2.79. The minimum atomic E-state index is -0.0468. The number of rotatable bonds is 3. The zero-order chi connectivity index (χ0) is 13.1. The first kappa shape index (κ1) is 12.8. The lowest BCUT2D eigenvalue weighted by Gasteiger charge is -2.06. The van der Waals surface area contributed by atoms with E-state index in [4.69, 9.17) is 0 Å². The highest BCUT2D eigenvalue weighted by Gasteiger charge is 2.11.